The second-order valence-electron chi connectivity index (χ2n) is 5.08. The Kier molecular flexibility index (Phi) is 7.30. The lowest BCUT2D eigenvalue weighted by atomic mass is 9.99. The fourth-order valence-electron chi connectivity index (χ4n) is 2.03. The van der Waals surface area contributed by atoms with Crippen LogP contribution in [0.4, 0.5) is 0 Å². The predicted octanol–water partition coefficient (Wildman–Crippen LogP) is 2.98. The summed E-state index contributed by atoms with van der Waals surface area (Å²) in [4.78, 5) is 12.4. The third-order valence-corrected chi connectivity index (χ3v) is 4.02. The zero-order chi connectivity index (χ0) is 15.3. The number of hydrogen-bond acceptors (Lipinski definition) is 3. The summed E-state index contributed by atoms with van der Waals surface area (Å²) in [5, 5.41) is 0. The van der Waals surface area contributed by atoms with Crippen molar-refractivity contribution >= 4 is 29.1 Å². The van der Waals surface area contributed by atoms with Crippen molar-refractivity contribution in [3.05, 3.63) is 12.2 Å². The summed E-state index contributed by atoms with van der Waals surface area (Å²) in [5.74, 6) is -0.0164. The first kappa shape index (κ1) is 17.8. The van der Waals surface area contributed by atoms with Crippen LogP contribution in [0.15, 0.2) is 12.2 Å². The minimum atomic E-state index is -1.07. The van der Waals surface area contributed by atoms with E-state index < -0.39 is 11.1 Å². The maximum Gasteiger partial charge on any atom is 0.256 e. The summed E-state index contributed by atoms with van der Waals surface area (Å²) < 4.78 is 11.6. The molecule has 0 spiro atoms. The Balaban J connectivity index is 2.67. The molecule has 116 valence electrons. The van der Waals surface area contributed by atoms with Gasteiger partial charge in [-0.25, -0.2) is 0 Å². The molecule has 0 radical (unpaired) electrons. The number of hydrogen-bond donors (Lipinski definition) is 0. The van der Waals surface area contributed by atoms with E-state index in [1.54, 1.807) is 4.90 Å². The molecule has 1 heterocycles. The van der Waals surface area contributed by atoms with Crippen molar-refractivity contribution in [2.75, 3.05) is 13.1 Å². The van der Waals surface area contributed by atoms with Gasteiger partial charge in [-0.3, -0.25) is 4.79 Å². The van der Waals surface area contributed by atoms with Crippen LogP contribution in [0.2, 0.25) is 0 Å². The normalized spacial score (nSPS) is 30.9. The Morgan fingerprint density at radius 2 is 1.80 bits per heavy atom. The largest absolute Gasteiger partial charge is 0.347 e. The molecule has 6 heteroatoms. The first-order valence-corrected chi connectivity index (χ1v) is 7.73. The molecule has 1 fully saturated rings. The van der Waals surface area contributed by atoms with Crippen LogP contribution in [0.1, 0.15) is 27.7 Å². The lowest BCUT2D eigenvalue weighted by Crippen LogP contribution is -2.49. The van der Waals surface area contributed by atoms with Gasteiger partial charge in [-0.05, 0) is 20.8 Å². The molecule has 1 rings (SSSR count). The fraction of sp³-hybridized carbons (Fsp3) is 0.786. The van der Waals surface area contributed by atoms with Gasteiger partial charge in [0.15, 0.2) is 11.1 Å². The van der Waals surface area contributed by atoms with Gasteiger partial charge in [-0.2, -0.15) is 0 Å². The fourth-order valence-corrected chi connectivity index (χ4v) is 2.31. The van der Waals surface area contributed by atoms with Gasteiger partial charge in [-0.1, -0.05) is 42.3 Å². The van der Waals surface area contributed by atoms with Crippen molar-refractivity contribution in [2.24, 2.45) is 5.92 Å². The van der Waals surface area contributed by atoms with Crippen LogP contribution in [0.5, 0.6) is 0 Å². The molecule has 2 atom stereocenters. The summed E-state index contributed by atoms with van der Waals surface area (Å²) in [6.07, 6.45) is 3.47. The molecule has 0 aromatic carbocycles. The van der Waals surface area contributed by atoms with E-state index in [1.165, 1.54) is 0 Å². The quantitative estimate of drug-likeness (QED) is 0.576. The molecule has 1 aliphatic heterocycles. The third-order valence-electron chi connectivity index (χ3n) is 3.64. The van der Waals surface area contributed by atoms with Crippen molar-refractivity contribution in [3.8, 4) is 0 Å². The second kappa shape index (κ2) is 8.23. The van der Waals surface area contributed by atoms with Crippen LogP contribution in [-0.2, 0) is 14.3 Å². The molecule has 0 bridgehead atoms. The molecule has 4 nitrogen and oxygen atoms in total. The highest BCUT2D eigenvalue weighted by atomic mass is 35.5. The molecule has 0 aromatic rings. The van der Waals surface area contributed by atoms with E-state index in [2.05, 4.69) is 6.92 Å². The lowest BCUT2D eigenvalue weighted by Gasteiger charge is -2.39. The molecule has 0 aromatic heterocycles. The number of alkyl halides is 2. The lowest BCUT2D eigenvalue weighted by molar-refractivity contribution is -0.260. The van der Waals surface area contributed by atoms with E-state index in [1.807, 2.05) is 32.9 Å². The van der Waals surface area contributed by atoms with Crippen LogP contribution in [0, 0.1) is 5.92 Å². The van der Waals surface area contributed by atoms with Crippen LogP contribution in [0.3, 0.4) is 0 Å². The van der Waals surface area contributed by atoms with Gasteiger partial charge in [0.05, 0.1) is 18.8 Å². The number of carbonyl (C=O) groups excluding carboxylic acids is 1. The Hall–Kier alpha value is -0.290. The summed E-state index contributed by atoms with van der Waals surface area (Å²) in [7, 11) is 0. The minimum Gasteiger partial charge on any atom is -0.347 e. The number of nitrogens with zero attached hydrogens (tertiary/aromatic N) is 1. The highest BCUT2D eigenvalue weighted by Gasteiger charge is 2.33. The van der Waals surface area contributed by atoms with Crippen molar-refractivity contribution in [1.82, 2.24) is 4.90 Å². The van der Waals surface area contributed by atoms with E-state index in [9.17, 15) is 4.79 Å². The van der Waals surface area contributed by atoms with E-state index in [0.717, 1.165) is 0 Å². The SMILES string of the molecule is CC=CCN(CC1OC(C)C(C)C(C)O1)C(=O)C(Cl)Cl. The van der Waals surface area contributed by atoms with Crippen LogP contribution < -0.4 is 0 Å². The standard InChI is InChI=1S/C14H23Cl2NO3/c1-5-6-7-17(14(18)13(15)16)8-12-19-10(3)9(2)11(4)20-12/h5-6,9-13H,7-8H2,1-4H3. The summed E-state index contributed by atoms with van der Waals surface area (Å²) in [6.45, 7) is 8.76. The summed E-state index contributed by atoms with van der Waals surface area (Å²) in [5.41, 5.74) is 0. The van der Waals surface area contributed by atoms with Gasteiger partial charge < -0.3 is 14.4 Å². The first-order valence-electron chi connectivity index (χ1n) is 6.85. The smallest absolute Gasteiger partial charge is 0.256 e. The van der Waals surface area contributed by atoms with E-state index in [0.29, 0.717) is 19.0 Å². The van der Waals surface area contributed by atoms with Gasteiger partial charge in [0.1, 0.15) is 0 Å². The van der Waals surface area contributed by atoms with Gasteiger partial charge in [0, 0.05) is 12.5 Å². The number of ether oxygens (including phenoxy) is 2. The number of amides is 1. The highest BCUT2D eigenvalue weighted by Crippen LogP contribution is 2.24. The van der Waals surface area contributed by atoms with Gasteiger partial charge >= 0.3 is 0 Å². The van der Waals surface area contributed by atoms with Crippen molar-refractivity contribution in [3.63, 3.8) is 0 Å². The topological polar surface area (TPSA) is 38.8 Å². The van der Waals surface area contributed by atoms with Crippen LogP contribution in [0.25, 0.3) is 0 Å². The van der Waals surface area contributed by atoms with Gasteiger partial charge in [0.2, 0.25) is 0 Å². The molecule has 2 unspecified atom stereocenters. The summed E-state index contributed by atoms with van der Waals surface area (Å²) >= 11 is 11.3. The van der Waals surface area contributed by atoms with Gasteiger partial charge in [-0.15, -0.1) is 0 Å². The zero-order valence-corrected chi connectivity index (χ0v) is 13.9. The molecule has 0 aliphatic carbocycles. The second-order valence-corrected chi connectivity index (χ2v) is 6.18. The molecular weight excluding hydrogens is 301 g/mol. The molecule has 0 N–H and O–H groups in total. The Morgan fingerprint density at radius 3 is 2.25 bits per heavy atom. The van der Waals surface area contributed by atoms with Crippen molar-refractivity contribution in [2.45, 2.75) is 51.0 Å². The molecule has 20 heavy (non-hydrogen) atoms. The van der Waals surface area contributed by atoms with Crippen LogP contribution >= 0.6 is 23.2 Å². The van der Waals surface area contributed by atoms with E-state index in [4.69, 9.17) is 32.7 Å². The maximum atomic E-state index is 12.0. The first-order chi connectivity index (χ1) is 9.36. The molecule has 0 saturated carbocycles. The maximum absolute atomic E-state index is 12.0. The number of carbonyl (C=O) groups is 1. The molecule has 1 amide bonds. The number of allylic oxidation sites excluding steroid dienone is 1. The average molecular weight is 324 g/mol. The number of rotatable bonds is 5. The van der Waals surface area contributed by atoms with Crippen molar-refractivity contribution in [1.29, 1.82) is 0 Å². The Bertz CT molecular complexity index is 337. The van der Waals surface area contributed by atoms with E-state index >= 15 is 0 Å². The highest BCUT2D eigenvalue weighted by molar-refractivity contribution is 6.53. The molecular formula is C14H23Cl2NO3. The molecule has 1 aliphatic rings. The predicted molar refractivity (Wildman–Crippen MR) is 80.9 cm³/mol. The van der Waals surface area contributed by atoms with E-state index in [-0.39, 0.29) is 18.1 Å². The Morgan fingerprint density at radius 1 is 1.25 bits per heavy atom. The summed E-state index contributed by atoms with van der Waals surface area (Å²) in [6, 6.07) is 0. The van der Waals surface area contributed by atoms with Crippen molar-refractivity contribution < 1.29 is 14.3 Å². The zero-order valence-electron chi connectivity index (χ0n) is 12.4. The van der Waals surface area contributed by atoms with Crippen LogP contribution in [-0.4, -0.2) is 47.2 Å². The monoisotopic (exact) mass is 323 g/mol. The molecule has 1 saturated heterocycles. The third kappa shape index (κ3) is 4.92. The average Bonchev–Trinajstić information content (AvgIpc) is 2.39. The number of halogens is 2. The van der Waals surface area contributed by atoms with Gasteiger partial charge in [0.25, 0.3) is 5.91 Å². The Labute approximate surface area is 131 Å². The minimum absolute atomic E-state index is 0.0882.